The number of nitrogens with zero attached hydrogens (tertiary/aromatic N) is 1. The topological polar surface area (TPSA) is 62.6 Å². The Hall–Kier alpha value is -2.56. The van der Waals surface area contributed by atoms with Gasteiger partial charge in [-0.15, -0.1) is 0 Å². The monoisotopic (exact) mass is 312 g/mol. The average molecular weight is 312 g/mol. The highest BCUT2D eigenvalue weighted by atomic mass is 16.3. The molecule has 0 saturated heterocycles. The van der Waals surface area contributed by atoms with E-state index in [0.717, 1.165) is 18.4 Å². The normalized spacial score (nSPS) is 13.7. The lowest BCUT2D eigenvalue weighted by Gasteiger charge is -2.22. The van der Waals surface area contributed by atoms with Crippen molar-refractivity contribution in [3.8, 4) is 0 Å². The van der Waals surface area contributed by atoms with Gasteiger partial charge in [0.25, 0.3) is 11.8 Å². The molecule has 0 bridgehead atoms. The molecular weight excluding hydrogens is 292 g/mol. The molecule has 2 amide bonds. The molecule has 1 aliphatic rings. The molecule has 120 valence electrons. The maximum atomic E-state index is 12.7. The fourth-order valence-corrected chi connectivity index (χ4v) is 2.62. The van der Waals surface area contributed by atoms with Gasteiger partial charge in [0, 0.05) is 25.2 Å². The van der Waals surface area contributed by atoms with E-state index in [1.165, 1.54) is 0 Å². The zero-order chi connectivity index (χ0) is 16.4. The average Bonchev–Trinajstić information content (AvgIpc) is 3.32. The first-order valence-corrected chi connectivity index (χ1v) is 7.76. The smallest absolute Gasteiger partial charge is 0.257 e. The molecule has 0 unspecified atom stereocenters. The second-order valence-corrected chi connectivity index (χ2v) is 5.83. The molecule has 1 saturated carbocycles. The summed E-state index contributed by atoms with van der Waals surface area (Å²) in [6, 6.07) is 9.39. The third-order valence-electron chi connectivity index (χ3n) is 4.13. The second-order valence-electron chi connectivity index (χ2n) is 5.83. The van der Waals surface area contributed by atoms with Crippen molar-refractivity contribution in [2.45, 2.75) is 32.4 Å². The quantitative estimate of drug-likeness (QED) is 0.923. The Morgan fingerprint density at radius 2 is 1.91 bits per heavy atom. The molecule has 0 spiro atoms. The van der Waals surface area contributed by atoms with Gasteiger partial charge in [-0.05, 0) is 43.5 Å². The summed E-state index contributed by atoms with van der Waals surface area (Å²) in [5, 5.41) is 2.60. The molecule has 0 radical (unpaired) electrons. The minimum Gasteiger partial charge on any atom is -0.469 e. The van der Waals surface area contributed by atoms with Gasteiger partial charge in [0.1, 0.15) is 5.76 Å². The fourth-order valence-electron chi connectivity index (χ4n) is 2.62. The third kappa shape index (κ3) is 3.28. The van der Waals surface area contributed by atoms with Gasteiger partial charge < -0.3 is 14.6 Å². The predicted octanol–water partition coefficient (Wildman–Crippen LogP) is 2.75. The van der Waals surface area contributed by atoms with Crippen molar-refractivity contribution in [3.05, 3.63) is 59.0 Å². The molecule has 5 heteroatoms. The maximum absolute atomic E-state index is 12.7. The Morgan fingerprint density at radius 1 is 1.22 bits per heavy atom. The van der Waals surface area contributed by atoms with Crippen LogP contribution in [0.25, 0.3) is 0 Å². The molecule has 3 rings (SSSR count). The molecule has 1 aromatic heterocycles. The minimum atomic E-state index is -0.110. The number of furan rings is 1. The molecule has 5 nitrogen and oxygen atoms in total. The SMILES string of the molecule is CNC(=O)c1ccc(CN(C(=O)c2ccoc2C)C2CC2)cc1. The number of rotatable bonds is 5. The van der Waals surface area contributed by atoms with E-state index in [9.17, 15) is 9.59 Å². The summed E-state index contributed by atoms with van der Waals surface area (Å²) < 4.78 is 5.25. The van der Waals surface area contributed by atoms with Crippen LogP contribution < -0.4 is 5.32 Å². The first kappa shape index (κ1) is 15.3. The number of carbonyl (C=O) groups is 2. The molecule has 1 aromatic carbocycles. The van der Waals surface area contributed by atoms with Crippen molar-refractivity contribution in [1.82, 2.24) is 10.2 Å². The van der Waals surface area contributed by atoms with Crippen LogP contribution in [0, 0.1) is 6.92 Å². The van der Waals surface area contributed by atoms with E-state index < -0.39 is 0 Å². The van der Waals surface area contributed by atoms with Crippen LogP contribution in [-0.2, 0) is 6.54 Å². The molecule has 2 aromatic rings. The standard InChI is InChI=1S/C18H20N2O3/c1-12-16(9-10-23-12)18(22)20(15-7-8-15)11-13-3-5-14(6-4-13)17(21)19-2/h3-6,9-10,15H,7-8,11H2,1-2H3,(H,19,21). The van der Waals surface area contributed by atoms with E-state index >= 15 is 0 Å². The molecule has 0 aliphatic heterocycles. The van der Waals surface area contributed by atoms with Crippen molar-refractivity contribution < 1.29 is 14.0 Å². The van der Waals surface area contributed by atoms with Gasteiger partial charge in [-0.3, -0.25) is 9.59 Å². The number of hydrogen-bond acceptors (Lipinski definition) is 3. The van der Waals surface area contributed by atoms with Crippen molar-refractivity contribution in [3.63, 3.8) is 0 Å². The number of benzene rings is 1. The maximum Gasteiger partial charge on any atom is 0.257 e. The Bertz CT molecular complexity index is 714. The van der Waals surface area contributed by atoms with Crippen LogP contribution in [0.15, 0.2) is 41.0 Å². The lowest BCUT2D eigenvalue weighted by molar-refractivity contribution is 0.0727. The van der Waals surface area contributed by atoms with Crippen molar-refractivity contribution in [1.29, 1.82) is 0 Å². The number of hydrogen-bond donors (Lipinski definition) is 1. The van der Waals surface area contributed by atoms with E-state index in [0.29, 0.717) is 29.5 Å². The third-order valence-corrected chi connectivity index (χ3v) is 4.13. The molecule has 1 fully saturated rings. The zero-order valence-electron chi connectivity index (χ0n) is 13.3. The van der Waals surface area contributed by atoms with Crippen LogP contribution in [0.4, 0.5) is 0 Å². The van der Waals surface area contributed by atoms with E-state index in [-0.39, 0.29) is 11.8 Å². The zero-order valence-corrected chi connectivity index (χ0v) is 13.3. The van der Waals surface area contributed by atoms with Crippen molar-refractivity contribution >= 4 is 11.8 Å². The number of carbonyl (C=O) groups excluding carboxylic acids is 2. The van der Waals surface area contributed by atoms with Crippen LogP contribution in [0.2, 0.25) is 0 Å². The Balaban J connectivity index is 1.77. The van der Waals surface area contributed by atoms with Crippen LogP contribution in [0.5, 0.6) is 0 Å². The second kappa shape index (κ2) is 6.28. The van der Waals surface area contributed by atoms with Crippen LogP contribution in [0.3, 0.4) is 0 Å². The lowest BCUT2D eigenvalue weighted by atomic mass is 10.1. The van der Waals surface area contributed by atoms with E-state index in [2.05, 4.69) is 5.32 Å². The Kier molecular flexibility index (Phi) is 4.19. The van der Waals surface area contributed by atoms with Gasteiger partial charge in [0.15, 0.2) is 0 Å². The van der Waals surface area contributed by atoms with E-state index in [4.69, 9.17) is 4.42 Å². The lowest BCUT2D eigenvalue weighted by Crippen LogP contribution is -2.32. The number of aryl methyl sites for hydroxylation is 1. The van der Waals surface area contributed by atoms with E-state index in [1.807, 2.05) is 17.0 Å². The minimum absolute atomic E-state index is 0.00845. The summed E-state index contributed by atoms with van der Waals surface area (Å²) in [6.45, 7) is 2.35. The summed E-state index contributed by atoms with van der Waals surface area (Å²) >= 11 is 0. The summed E-state index contributed by atoms with van der Waals surface area (Å²) in [4.78, 5) is 26.2. The van der Waals surface area contributed by atoms with Crippen LogP contribution >= 0.6 is 0 Å². The van der Waals surface area contributed by atoms with Crippen molar-refractivity contribution in [2.75, 3.05) is 7.05 Å². The Labute approximate surface area is 135 Å². The highest BCUT2D eigenvalue weighted by Crippen LogP contribution is 2.30. The highest BCUT2D eigenvalue weighted by molar-refractivity contribution is 5.95. The summed E-state index contributed by atoms with van der Waals surface area (Å²) in [5.41, 5.74) is 2.25. The van der Waals surface area contributed by atoms with Crippen LogP contribution in [0.1, 0.15) is 44.9 Å². The van der Waals surface area contributed by atoms with Gasteiger partial charge in [0.2, 0.25) is 0 Å². The van der Waals surface area contributed by atoms with E-state index in [1.54, 1.807) is 38.4 Å². The molecular formula is C18H20N2O3. The summed E-state index contributed by atoms with van der Waals surface area (Å²) in [7, 11) is 1.61. The molecule has 1 N–H and O–H groups in total. The highest BCUT2D eigenvalue weighted by Gasteiger charge is 2.34. The van der Waals surface area contributed by atoms with Crippen LogP contribution in [-0.4, -0.2) is 29.8 Å². The first-order chi connectivity index (χ1) is 11.1. The first-order valence-electron chi connectivity index (χ1n) is 7.76. The van der Waals surface area contributed by atoms with Crippen molar-refractivity contribution in [2.24, 2.45) is 0 Å². The molecule has 1 aliphatic carbocycles. The van der Waals surface area contributed by atoms with Gasteiger partial charge >= 0.3 is 0 Å². The van der Waals surface area contributed by atoms with Gasteiger partial charge in [0.05, 0.1) is 11.8 Å². The number of nitrogens with one attached hydrogen (secondary N) is 1. The summed E-state index contributed by atoms with van der Waals surface area (Å²) in [5.74, 6) is 0.547. The predicted molar refractivity (Wildman–Crippen MR) is 86.2 cm³/mol. The molecule has 1 heterocycles. The fraction of sp³-hybridized carbons (Fsp3) is 0.333. The van der Waals surface area contributed by atoms with Gasteiger partial charge in [-0.25, -0.2) is 0 Å². The Morgan fingerprint density at radius 3 is 2.43 bits per heavy atom. The summed E-state index contributed by atoms with van der Waals surface area (Å²) in [6.07, 6.45) is 3.63. The van der Waals surface area contributed by atoms with Gasteiger partial charge in [-0.1, -0.05) is 12.1 Å². The number of amides is 2. The van der Waals surface area contributed by atoms with Gasteiger partial charge in [-0.2, -0.15) is 0 Å². The molecule has 23 heavy (non-hydrogen) atoms. The molecule has 0 atom stereocenters. The largest absolute Gasteiger partial charge is 0.469 e.